The lowest BCUT2D eigenvalue weighted by Gasteiger charge is -2.02. The fourth-order valence-electron chi connectivity index (χ4n) is 1.55. The van der Waals surface area contributed by atoms with Gasteiger partial charge in [0.15, 0.2) is 6.40 Å². The lowest BCUT2D eigenvalue weighted by Crippen LogP contribution is -1.97. The zero-order valence-corrected chi connectivity index (χ0v) is 11.7. The van der Waals surface area contributed by atoms with Crippen LogP contribution in [0.15, 0.2) is 23.2 Å². The quantitative estimate of drug-likeness (QED) is 0.440. The number of hydrogen-bond donors (Lipinski definition) is 1. The summed E-state index contributed by atoms with van der Waals surface area (Å²) in [5.74, 6) is -1.04. The summed E-state index contributed by atoms with van der Waals surface area (Å²) in [4.78, 5) is 15.0. The molecule has 5 heteroatoms. The summed E-state index contributed by atoms with van der Waals surface area (Å²) in [5, 5.41) is 9.44. The number of benzene rings is 1. The predicted octanol–water partition coefficient (Wildman–Crippen LogP) is 4.29. The molecule has 0 aromatic heterocycles. The topological polar surface area (TPSA) is 58.9 Å². The number of carbonyl (C=O) groups is 1. The standard InChI is InChI=1S/C14H18ClNO3/c1-2-3-4-5-8-19-10-16-13-9-11(15)6-7-12(13)14(17)18/h6-7,9-10H,2-5,8H2,1H3,(H,17,18). The normalized spacial score (nSPS) is 10.8. The Balaban J connectivity index is 2.51. The first-order valence-electron chi connectivity index (χ1n) is 6.32. The Hall–Kier alpha value is -1.55. The van der Waals surface area contributed by atoms with Gasteiger partial charge in [-0.05, 0) is 24.6 Å². The number of rotatable bonds is 8. The van der Waals surface area contributed by atoms with E-state index in [1.807, 2.05) is 0 Å². The van der Waals surface area contributed by atoms with E-state index in [2.05, 4.69) is 11.9 Å². The van der Waals surface area contributed by atoms with E-state index >= 15 is 0 Å². The maximum absolute atomic E-state index is 11.0. The fraction of sp³-hybridized carbons (Fsp3) is 0.429. The number of unbranched alkanes of at least 4 members (excludes halogenated alkanes) is 3. The third-order valence-electron chi connectivity index (χ3n) is 2.57. The van der Waals surface area contributed by atoms with Gasteiger partial charge >= 0.3 is 5.97 Å². The SMILES string of the molecule is CCCCCCOC=Nc1cc(Cl)ccc1C(=O)O. The summed E-state index contributed by atoms with van der Waals surface area (Å²) >= 11 is 5.81. The molecule has 0 radical (unpaired) electrons. The third kappa shape index (κ3) is 5.75. The molecule has 0 fully saturated rings. The van der Waals surface area contributed by atoms with E-state index in [9.17, 15) is 4.79 Å². The summed E-state index contributed by atoms with van der Waals surface area (Å²) in [6.07, 6.45) is 5.75. The molecule has 104 valence electrons. The maximum atomic E-state index is 11.0. The van der Waals surface area contributed by atoms with Gasteiger partial charge in [-0.1, -0.05) is 37.8 Å². The first-order valence-corrected chi connectivity index (χ1v) is 6.70. The van der Waals surface area contributed by atoms with Crippen LogP contribution in [0, 0.1) is 0 Å². The number of ether oxygens (including phenoxy) is 1. The second-order valence-electron chi connectivity index (χ2n) is 4.13. The first kappa shape index (κ1) is 15.5. The van der Waals surface area contributed by atoms with Crippen molar-refractivity contribution in [2.45, 2.75) is 32.6 Å². The molecule has 4 nitrogen and oxygen atoms in total. The Morgan fingerprint density at radius 1 is 1.42 bits per heavy atom. The van der Waals surface area contributed by atoms with E-state index in [1.165, 1.54) is 37.4 Å². The Morgan fingerprint density at radius 2 is 2.21 bits per heavy atom. The van der Waals surface area contributed by atoms with Crippen molar-refractivity contribution in [1.29, 1.82) is 0 Å². The summed E-state index contributed by atoms with van der Waals surface area (Å²) in [6, 6.07) is 4.45. The van der Waals surface area contributed by atoms with Crippen LogP contribution in [0.5, 0.6) is 0 Å². The number of halogens is 1. The van der Waals surface area contributed by atoms with Gasteiger partial charge in [0.1, 0.15) is 0 Å². The van der Waals surface area contributed by atoms with Crippen molar-refractivity contribution in [2.75, 3.05) is 6.61 Å². The lowest BCUT2D eigenvalue weighted by molar-refractivity contribution is 0.0698. The van der Waals surface area contributed by atoms with Crippen LogP contribution >= 0.6 is 11.6 Å². The molecular formula is C14H18ClNO3. The molecule has 1 aromatic carbocycles. The third-order valence-corrected chi connectivity index (χ3v) is 2.81. The average molecular weight is 284 g/mol. The predicted molar refractivity (Wildman–Crippen MR) is 76.7 cm³/mol. The molecule has 0 unspecified atom stereocenters. The number of carboxylic acid groups (broad SMARTS) is 1. The van der Waals surface area contributed by atoms with E-state index in [4.69, 9.17) is 21.4 Å². The van der Waals surface area contributed by atoms with Crippen molar-refractivity contribution in [3.63, 3.8) is 0 Å². The van der Waals surface area contributed by atoms with Crippen LogP contribution in [0.2, 0.25) is 5.02 Å². The Labute approximate surface area is 118 Å². The Bertz CT molecular complexity index is 446. The van der Waals surface area contributed by atoms with Crippen LogP contribution < -0.4 is 0 Å². The summed E-state index contributed by atoms with van der Waals surface area (Å²) in [6.45, 7) is 2.74. The van der Waals surface area contributed by atoms with Crippen LogP contribution in [0.3, 0.4) is 0 Å². The molecule has 0 heterocycles. The molecule has 19 heavy (non-hydrogen) atoms. The van der Waals surface area contributed by atoms with Gasteiger partial charge in [0.2, 0.25) is 0 Å². The molecule has 0 saturated heterocycles. The average Bonchev–Trinajstić information content (AvgIpc) is 2.37. The smallest absolute Gasteiger partial charge is 0.337 e. The maximum Gasteiger partial charge on any atom is 0.337 e. The molecule has 0 saturated carbocycles. The number of hydrogen-bond acceptors (Lipinski definition) is 3. The van der Waals surface area contributed by atoms with Gasteiger partial charge in [0.25, 0.3) is 0 Å². The van der Waals surface area contributed by atoms with E-state index < -0.39 is 5.97 Å². The number of nitrogens with zero attached hydrogens (tertiary/aromatic N) is 1. The van der Waals surface area contributed by atoms with Crippen LogP contribution in [-0.2, 0) is 4.74 Å². The molecule has 1 aromatic rings. The van der Waals surface area contributed by atoms with Crippen molar-refractivity contribution < 1.29 is 14.6 Å². The minimum absolute atomic E-state index is 0.107. The molecule has 0 amide bonds. The minimum atomic E-state index is -1.04. The van der Waals surface area contributed by atoms with Crippen molar-refractivity contribution >= 4 is 29.7 Å². The van der Waals surface area contributed by atoms with Gasteiger partial charge in [-0.15, -0.1) is 0 Å². The van der Waals surface area contributed by atoms with Gasteiger partial charge in [0.05, 0.1) is 17.9 Å². The molecule has 1 N–H and O–H groups in total. The van der Waals surface area contributed by atoms with Crippen LogP contribution in [-0.4, -0.2) is 24.1 Å². The molecular weight excluding hydrogens is 266 g/mol. The molecule has 0 aliphatic carbocycles. The highest BCUT2D eigenvalue weighted by molar-refractivity contribution is 6.31. The highest BCUT2D eigenvalue weighted by Gasteiger charge is 2.09. The van der Waals surface area contributed by atoms with Crippen molar-refractivity contribution in [1.82, 2.24) is 0 Å². The van der Waals surface area contributed by atoms with Crippen molar-refractivity contribution in [3.8, 4) is 0 Å². The second kappa shape index (κ2) is 8.53. The van der Waals surface area contributed by atoms with Crippen LogP contribution in [0.1, 0.15) is 43.0 Å². The molecule has 0 aliphatic rings. The summed E-state index contributed by atoms with van der Waals surface area (Å²) < 4.78 is 5.23. The van der Waals surface area contributed by atoms with E-state index in [-0.39, 0.29) is 5.56 Å². The summed E-state index contributed by atoms with van der Waals surface area (Å²) in [5.41, 5.74) is 0.406. The van der Waals surface area contributed by atoms with Gasteiger partial charge in [-0.25, -0.2) is 9.79 Å². The summed E-state index contributed by atoms with van der Waals surface area (Å²) in [7, 11) is 0. The Morgan fingerprint density at radius 3 is 2.89 bits per heavy atom. The molecule has 0 spiro atoms. The number of aromatic carboxylic acids is 1. The molecule has 0 aliphatic heterocycles. The first-order chi connectivity index (χ1) is 9.15. The largest absolute Gasteiger partial charge is 0.483 e. The highest BCUT2D eigenvalue weighted by atomic mass is 35.5. The van der Waals surface area contributed by atoms with Crippen molar-refractivity contribution in [3.05, 3.63) is 28.8 Å². The number of aliphatic imine (C=N–C) groups is 1. The zero-order valence-electron chi connectivity index (χ0n) is 10.9. The van der Waals surface area contributed by atoms with E-state index in [0.717, 1.165) is 12.8 Å². The Kier molecular flexibility index (Phi) is 6.97. The van der Waals surface area contributed by atoms with Crippen LogP contribution in [0.25, 0.3) is 0 Å². The van der Waals surface area contributed by atoms with Crippen molar-refractivity contribution in [2.24, 2.45) is 4.99 Å². The second-order valence-corrected chi connectivity index (χ2v) is 4.57. The number of carboxylic acids is 1. The van der Waals surface area contributed by atoms with Gasteiger partial charge in [-0.3, -0.25) is 0 Å². The lowest BCUT2D eigenvalue weighted by atomic mass is 10.2. The van der Waals surface area contributed by atoms with E-state index in [0.29, 0.717) is 17.3 Å². The zero-order chi connectivity index (χ0) is 14.1. The van der Waals surface area contributed by atoms with Gasteiger partial charge in [0, 0.05) is 5.02 Å². The minimum Gasteiger partial charge on any atom is -0.483 e. The highest BCUT2D eigenvalue weighted by Crippen LogP contribution is 2.23. The molecule has 0 bridgehead atoms. The van der Waals surface area contributed by atoms with Gasteiger partial charge in [-0.2, -0.15) is 0 Å². The van der Waals surface area contributed by atoms with Gasteiger partial charge < -0.3 is 9.84 Å². The fourth-order valence-corrected chi connectivity index (χ4v) is 1.72. The monoisotopic (exact) mass is 283 g/mol. The van der Waals surface area contributed by atoms with E-state index in [1.54, 1.807) is 0 Å². The van der Waals surface area contributed by atoms with Crippen LogP contribution in [0.4, 0.5) is 5.69 Å². The molecule has 0 atom stereocenters. The molecule has 1 rings (SSSR count).